The molecule has 2 rings (SSSR count). The highest BCUT2D eigenvalue weighted by atomic mass is 35.5. The summed E-state index contributed by atoms with van der Waals surface area (Å²) in [5, 5.41) is 0.602. The third kappa shape index (κ3) is 3.97. The molecule has 2 nitrogen and oxygen atoms in total. The maximum atomic E-state index is 12.5. The number of hydrogen-bond donors (Lipinski definition) is 2. The molecule has 0 bridgehead atoms. The van der Waals surface area contributed by atoms with Gasteiger partial charge >= 0.3 is 6.18 Å². The average molecular weight is 315 g/mol. The van der Waals surface area contributed by atoms with Gasteiger partial charge in [0.15, 0.2) is 0 Å². The second-order valence-electron chi connectivity index (χ2n) is 4.63. The molecule has 0 heterocycles. The van der Waals surface area contributed by atoms with Crippen LogP contribution < -0.4 is 11.3 Å². The zero-order chi connectivity index (χ0) is 15.5. The van der Waals surface area contributed by atoms with Crippen molar-refractivity contribution in [2.75, 3.05) is 0 Å². The molecule has 0 amide bonds. The second kappa shape index (κ2) is 6.47. The van der Waals surface area contributed by atoms with E-state index < -0.39 is 11.7 Å². The Hall–Kier alpha value is -1.56. The van der Waals surface area contributed by atoms with Crippen LogP contribution in [0.3, 0.4) is 0 Å². The first-order chi connectivity index (χ1) is 9.91. The number of alkyl halides is 3. The quantitative estimate of drug-likeness (QED) is 0.658. The second-order valence-corrected chi connectivity index (χ2v) is 5.04. The molecule has 0 fully saturated rings. The maximum Gasteiger partial charge on any atom is 0.416 e. The van der Waals surface area contributed by atoms with Gasteiger partial charge in [-0.15, -0.1) is 0 Å². The fraction of sp³-hybridized carbons (Fsp3) is 0.200. The maximum absolute atomic E-state index is 12.5. The molecular weight excluding hydrogens is 301 g/mol. The zero-order valence-electron chi connectivity index (χ0n) is 11.0. The number of hydrazine groups is 1. The van der Waals surface area contributed by atoms with Crippen LogP contribution in [0, 0.1) is 0 Å². The molecule has 6 heteroatoms. The van der Waals surface area contributed by atoms with Crippen molar-refractivity contribution in [2.24, 2.45) is 5.84 Å². The van der Waals surface area contributed by atoms with Crippen LogP contribution in [-0.4, -0.2) is 0 Å². The summed E-state index contributed by atoms with van der Waals surface area (Å²) in [5.41, 5.74) is 3.48. The number of nitrogens with one attached hydrogen (secondary N) is 1. The Bertz CT molecular complexity index is 597. The minimum absolute atomic E-state index is 0.313. The molecule has 1 atom stereocenters. The van der Waals surface area contributed by atoms with Crippen LogP contribution in [0.2, 0.25) is 5.02 Å². The van der Waals surface area contributed by atoms with Crippen molar-refractivity contribution in [3.63, 3.8) is 0 Å². The molecule has 112 valence electrons. The highest BCUT2D eigenvalue weighted by Gasteiger charge is 2.30. The molecule has 0 saturated heterocycles. The number of halogens is 4. The molecule has 0 aromatic heterocycles. The van der Waals surface area contributed by atoms with Crippen molar-refractivity contribution >= 4 is 11.6 Å². The zero-order valence-corrected chi connectivity index (χ0v) is 11.7. The molecule has 0 saturated carbocycles. The number of nitrogens with two attached hydrogens (primary N) is 1. The SMILES string of the molecule is NNC(Cc1ccccc1Cl)c1ccc(C(F)(F)F)cc1. The van der Waals surface area contributed by atoms with Gasteiger partial charge in [0.05, 0.1) is 11.6 Å². The Labute approximate surface area is 125 Å². The van der Waals surface area contributed by atoms with E-state index in [0.717, 1.165) is 17.7 Å². The summed E-state index contributed by atoms with van der Waals surface area (Å²) in [4.78, 5) is 0. The van der Waals surface area contributed by atoms with Crippen molar-refractivity contribution in [3.05, 3.63) is 70.2 Å². The summed E-state index contributed by atoms with van der Waals surface area (Å²) in [7, 11) is 0. The largest absolute Gasteiger partial charge is 0.416 e. The van der Waals surface area contributed by atoms with Gasteiger partial charge in [-0.05, 0) is 35.7 Å². The van der Waals surface area contributed by atoms with Crippen LogP contribution in [0.5, 0.6) is 0 Å². The normalized spacial score (nSPS) is 13.2. The lowest BCUT2D eigenvalue weighted by atomic mass is 9.98. The Morgan fingerprint density at radius 3 is 2.19 bits per heavy atom. The topological polar surface area (TPSA) is 38.0 Å². The molecule has 0 spiro atoms. The number of hydrogen-bond acceptors (Lipinski definition) is 2. The fourth-order valence-electron chi connectivity index (χ4n) is 2.06. The first-order valence-corrected chi connectivity index (χ1v) is 6.66. The number of benzene rings is 2. The van der Waals surface area contributed by atoms with Crippen molar-refractivity contribution < 1.29 is 13.2 Å². The van der Waals surface area contributed by atoms with E-state index in [0.29, 0.717) is 17.0 Å². The van der Waals surface area contributed by atoms with Gasteiger partial charge in [-0.25, -0.2) is 0 Å². The number of rotatable bonds is 4. The van der Waals surface area contributed by atoms with Crippen LogP contribution in [0.1, 0.15) is 22.7 Å². The molecular formula is C15H14ClF3N2. The van der Waals surface area contributed by atoms with Crippen LogP contribution >= 0.6 is 11.6 Å². The average Bonchev–Trinajstić information content (AvgIpc) is 2.46. The predicted molar refractivity (Wildman–Crippen MR) is 76.7 cm³/mol. The molecule has 0 aliphatic heterocycles. The molecule has 3 N–H and O–H groups in total. The van der Waals surface area contributed by atoms with Gasteiger partial charge in [-0.2, -0.15) is 13.2 Å². The van der Waals surface area contributed by atoms with Gasteiger partial charge in [0.2, 0.25) is 0 Å². The van der Waals surface area contributed by atoms with E-state index in [9.17, 15) is 13.2 Å². The van der Waals surface area contributed by atoms with Gasteiger partial charge in [-0.3, -0.25) is 11.3 Å². The van der Waals surface area contributed by atoms with Crippen LogP contribution in [-0.2, 0) is 12.6 Å². The van der Waals surface area contributed by atoms with E-state index >= 15 is 0 Å². The standard InChI is InChI=1S/C15H14ClF3N2/c16-13-4-2-1-3-11(13)9-14(21-20)10-5-7-12(8-6-10)15(17,18)19/h1-8,14,21H,9,20H2. The minimum atomic E-state index is -4.34. The molecule has 0 aliphatic rings. The van der Waals surface area contributed by atoms with E-state index in [1.165, 1.54) is 12.1 Å². The molecule has 0 radical (unpaired) electrons. The highest BCUT2D eigenvalue weighted by Crippen LogP contribution is 2.30. The van der Waals surface area contributed by atoms with E-state index in [1.54, 1.807) is 6.07 Å². The Balaban J connectivity index is 2.20. The summed E-state index contributed by atoms with van der Waals surface area (Å²) < 4.78 is 37.6. The lowest BCUT2D eigenvalue weighted by Gasteiger charge is -2.18. The van der Waals surface area contributed by atoms with Crippen molar-refractivity contribution in [1.82, 2.24) is 5.43 Å². The van der Waals surface area contributed by atoms with E-state index in [1.807, 2.05) is 18.2 Å². The lowest BCUT2D eigenvalue weighted by Crippen LogP contribution is -2.29. The van der Waals surface area contributed by atoms with Crippen LogP contribution in [0.4, 0.5) is 13.2 Å². The predicted octanol–water partition coefficient (Wildman–Crippen LogP) is 4.11. The van der Waals surface area contributed by atoms with E-state index in [4.69, 9.17) is 17.4 Å². The van der Waals surface area contributed by atoms with Gasteiger partial charge < -0.3 is 0 Å². The Kier molecular flexibility index (Phi) is 4.88. The van der Waals surface area contributed by atoms with Gasteiger partial charge in [0.25, 0.3) is 0 Å². The minimum Gasteiger partial charge on any atom is -0.271 e. The van der Waals surface area contributed by atoms with E-state index in [2.05, 4.69) is 5.43 Å². The van der Waals surface area contributed by atoms with Crippen molar-refractivity contribution in [3.8, 4) is 0 Å². The highest BCUT2D eigenvalue weighted by molar-refractivity contribution is 6.31. The molecule has 0 aliphatic carbocycles. The summed E-state index contributed by atoms with van der Waals surface area (Å²) in [6.07, 6.45) is -3.85. The fourth-order valence-corrected chi connectivity index (χ4v) is 2.27. The molecule has 1 unspecified atom stereocenters. The van der Waals surface area contributed by atoms with Gasteiger partial charge in [0, 0.05) is 5.02 Å². The van der Waals surface area contributed by atoms with Crippen molar-refractivity contribution in [2.45, 2.75) is 18.6 Å². The first kappa shape index (κ1) is 15.8. The Morgan fingerprint density at radius 2 is 1.67 bits per heavy atom. The lowest BCUT2D eigenvalue weighted by molar-refractivity contribution is -0.137. The Morgan fingerprint density at radius 1 is 1.05 bits per heavy atom. The van der Waals surface area contributed by atoms with E-state index in [-0.39, 0.29) is 6.04 Å². The van der Waals surface area contributed by atoms with Gasteiger partial charge in [0.1, 0.15) is 0 Å². The third-order valence-electron chi connectivity index (χ3n) is 3.22. The van der Waals surface area contributed by atoms with Gasteiger partial charge in [-0.1, -0.05) is 41.9 Å². The summed E-state index contributed by atoms with van der Waals surface area (Å²) >= 11 is 6.08. The summed E-state index contributed by atoms with van der Waals surface area (Å²) in [6, 6.07) is 11.9. The van der Waals surface area contributed by atoms with Crippen molar-refractivity contribution in [1.29, 1.82) is 0 Å². The first-order valence-electron chi connectivity index (χ1n) is 6.28. The van der Waals surface area contributed by atoms with Crippen LogP contribution in [0.25, 0.3) is 0 Å². The molecule has 2 aromatic carbocycles. The summed E-state index contributed by atoms with van der Waals surface area (Å²) in [6.45, 7) is 0. The smallest absolute Gasteiger partial charge is 0.271 e. The molecule has 21 heavy (non-hydrogen) atoms. The monoisotopic (exact) mass is 314 g/mol. The third-order valence-corrected chi connectivity index (χ3v) is 3.59. The summed E-state index contributed by atoms with van der Waals surface area (Å²) in [5.74, 6) is 5.51. The van der Waals surface area contributed by atoms with Crippen LogP contribution in [0.15, 0.2) is 48.5 Å². The molecule has 2 aromatic rings.